The molecular formula is C36H30O18. The molecule has 18 nitrogen and oxygen atoms in total. The van der Waals surface area contributed by atoms with Gasteiger partial charge in [0.1, 0.15) is 30.0 Å². The lowest BCUT2D eigenvalue weighted by atomic mass is 9.87. The van der Waals surface area contributed by atoms with Gasteiger partial charge in [0.2, 0.25) is 11.5 Å². The Balaban J connectivity index is 1.33. The molecule has 5 atom stereocenters. The molecule has 3 aliphatic heterocycles. The Hall–Kier alpha value is -6.40. The maximum Gasteiger partial charge on any atom is 0.374 e. The Bertz CT molecular complexity index is 2300. The number of carbonyl (C=O) groups excluding carboxylic acids is 5. The number of esters is 3. The predicted molar refractivity (Wildman–Crippen MR) is 175 cm³/mol. The van der Waals surface area contributed by atoms with Gasteiger partial charge >= 0.3 is 23.5 Å². The second-order valence-electron chi connectivity index (χ2n) is 12.6. The second-order valence-corrected chi connectivity index (χ2v) is 12.6. The van der Waals surface area contributed by atoms with Crippen LogP contribution in [-0.2, 0) is 44.4 Å². The Kier molecular flexibility index (Phi) is 8.81. The number of allylic oxidation sites excluding steroid dienone is 2. The van der Waals surface area contributed by atoms with Crippen LogP contribution in [0.15, 0.2) is 45.3 Å². The lowest BCUT2D eigenvalue weighted by Gasteiger charge is -2.40. The van der Waals surface area contributed by atoms with Gasteiger partial charge in [-0.1, -0.05) is 0 Å². The molecule has 18 heteroatoms. The van der Waals surface area contributed by atoms with Crippen molar-refractivity contribution < 1.29 is 81.6 Å². The van der Waals surface area contributed by atoms with Crippen molar-refractivity contribution in [3.8, 4) is 28.7 Å². The Morgan fingerprint density at radius 3 is 2.35 bits per heavy atom. The molecule has 282 valence electrons. The normalized spacial score (nSPS) is 23.7. The van der Waals surface area contributed by atoms with Crippen LogP contribution < -0.4 is 15.1 Å². The van der Waals surface area contributed by atoms with Gasteiger partial charge in [-0.3, -0.25) is 19.2 Å². The molecule has 3 N–H and O–H groups in total. The summed E-state index contributed by atoms with van der Waals surface area (Å²) in [6.07, 6.45) is -1.40. The average Bonchev–Trinajstić information content (AvgIpc) is 3.50. The number of hydrogen-bond acceptors (Lipinski definition) is 18. The molecule has 0 amide bonds. The quantitative estimate of drug-likeness (QED) is 0.136. The summed E-state index contributed by atoms with van der Waals surface area (Å²) in [5.41, 5.74) is -2.20. The van der Waals surface area contributed by atoms with Crippen molar-refractivity contribution in [2.45, 2.75) is 57.1 Å². The van der Waals surface area contributed by atoms with Crippen LogP contribution in [0.3, 0.4) is 0 Å². The smallest absolute Gasteiger partial charge is 0.374 e. The molecule has 1 aliphatic carbocycles. The van der Waals surface area contributed by atoms with Gasteiger partial charge in [0.25, 0.3) is 5.79 Å². The Morgan fingerprint density at radius 2 is 1.67 bits per heavy atom. The monoisotopic (exact) mass is 750 g/mol. The fourth-order valence-corrected chi connectivity index (χ4v) is 6.81. The topological polar surface area (TPSA) is 250 Å². The molecule has 0 saturated carbocycles. The van der Waals surface area contributed by atoms with E-state index in [1.807, 2.05) is 0 Å². The van der Waals surface area contributed by atoms with E-state index in [4.69, 9.17) is 37.6 Å². The third-order valence-corrected chi connectivity index (χ3v) is 9.12. The highest BCUT2D eigenvalue weighted by molar-refractivity contribution is 6.26. The summed E-state index contributed by atoms with van der Waals surface area (Å²) in [4.78, 5) is 74.9. The first kappa shape index (κ1) is 36.0. The van der Waals surface area contributed by atoms with Crippen LogP contribution in [0, 0.1) is 0 Å². The van der Waals surface area contributed by atoms with E-state index in [0.29, 0.717) is 0 Å². The van der Waals surface area contributed by atoms with E-state index in [9.17, 15) is 44.1 Å². The number of carbonyl (C=O) groups is 5. The maximum atomic E-state index is 13.2. The third-order valence-electron chi connectivity index (χ3n) is 9.12. The second kappa shape index (κ2) is 13.2. The van der Waals surface area contributed by atoms with Crippen LogP contribution in [0.25, 0.3) is 10.8 Å². The molecule has 2 aromatic carbocycles. The van der Waals surface area contributed by atoms with Crippen LogP contribution in [0.5, 0.6) is 28.7 Å². The molecule has 7 rings (SSSR count). The minimum Gasteiger partial charge on any atom is -0.507 e. The number of hydrogen-bond donors (Lipinski definition) is 3. The summed E-state index contributed by atoms with van der Waals surface area (Å²) in [7, 11) is 2.23. The number of rotatable bonds is 7. The van der Waals surface area contributed by atoms with Crippen molar-refractivity contribution in [3.05, 3.63) is 74.6 Å². The minimum absolute atomic E-state index is 0.0240. The third kappa shape index (κ3) is 5.94. The van der Waals surface area contributed by atoms with Crippen molar-refractivity contribution in [2.75, 3.05) is 20.8 Å². The molecule has 4 heterocycles. The fraction of sp³-hybridized carbons (Fsp3) is 0.333. The largest absolute Gasteiger partial charge is 0.507 e. The Labute approximate surface area is 302 Å². The van der Waals surface area contributed by atoms with E-state index in [1.54, 1.807) is 0 Å². The molecule has 1 aromatic heterocycles. The number of phenolic OH excluding ortho intramolecular Hbond substituents is 3. The molecule has 0 saturated heterocycles. The van der Waals surface area contributed by atoms with Crippen molar-refractivity contribution in [1.29, 1.82) is 0 Å². The molecule has 5 unspecified atom stereocenters. The van der Waals surface area contributed by atoms with Gasteiger partial charge in [0, 0.05) is 31.1 Å². The van der Waals surface area contributed by atoms with Crippen LogP contribution in [0.2, 0.25) is 0 Å². The highest BCUT2D eigenvalue weighted by Gasteiger charge is 2.53. The number of Topliss-reactive ketones (excluding diaryl/α,β-unsaturated/α-hetero) is 1. The summed E-state index contributed by atoms with van der Waals surface area (Å²) < 4.78 is 50.0. The van der Waals surface area contributed by atoms with Crippen LogP contribution >= 0.6 is 0 Å². The van der Waals surface area contributed by atoms with E-state index < -0.39 is 117 Å². The Morgan fingerprint density at radius 1 is 0.926 bits per heavy atom. The van der Waals surface area contributed by atoms with Crippen LogP contribution in [0.1, 0.15) is 68.8 Å². The summed E-state index contributed by atoms with van der Waals surface area (Å²) in [5, 5.41) is 33.9. The number of phenols is 3. The van der Waals surface area contributed by atoms with Gasteiger partial charge in [-0.05, 0) is 29.7 Å². The van der Waals surface area contributed by atoms with Gasteiger partial charge in [0.15, 0.2) is 40.8 Å². The average molecular weight is 751 g/mol. The summed E-state index contributed by atoms with van der Waals surface area (Å²) in [5.74, 6) is -9.76. The molecule has 0 fully saturated rings. The van der Waals surface area contributed by atoms with Crippen molar-refractivity contribution in [3.63, 3.8) is 0 Å². The number of aromatic hydroxyl groups is 3. The summed E-state index contributed by atoms with van der Waals surface area (Å²) >= 11 is 0. The number of fused-ring (bicyclic) bond motifs is 4. The molecule has 0 radical (unpaired) electrons. The number of benzene rings is 2. The van der Waals surface area contributed by atoms with E-state index in [2.05, 4.69) is 4.74 Å². The highest BCUT2D eigenvalue weighted by atomic mass is 16.7. The number of ether oxygens (including phenoxy) is 8. The van der Waals surface area contributed by atoms with E-state index in [1.165, 1.54) is 38.1 Å². The van der Waals surface area contributed by atoms with Gasteiger partial charge in [-0.2, -0.15) is 0 Å². The van der Waals surface area contributed by atoms with Crippen molar-refractivity contribution in [2.24, 2.45) is 0 Å². The first-order valence-corrected chi connectivity index (χ1v) is 16.2. The molecule has 3 aromatic rings. The van der Waals surface area contributed by atoms with Crippen LogP contribution in [-0.4, -0.2) is 89.9 Å². The number of ketones is 2. The molecular weight excluding hydrogens is 720 g/mol. The molecule has 0 bridgehead atoms. The van der Waals surface area contributed by atoms with Gasteiger partial charge in [-0.25, -0.2) is 9.59 Å². The van der Waals surface area contributed by atoms with Gasteiger partial charge < -0.3 is 57.6 Å². The summed E-state index contributed by atoms with van der Waals surface area (Å²) in [6.45, 7) is 2.03. The zero-order chi connectivity index (χ0) is 38.8. The minimum atomic E-state index is -1.95. The first-order valence-electron chi connectivity index (χ1n) is 16.2. The zero-order valence-electron chi connectivity index (χ0n) is 28.8. The van der Waals surface area contributed by atoms with E-state index in [-0.39, 0.29) is 41.0 Å². The SMILES string of the molecule is COC(=O)c1cc2cc3c(c(O)c2c(=O)o1)OC1(Cc2c(O)c4c(c(O)c2O1)C(=O)C(OC)=CC4=O)CC3OC1C=CC(OC(C)=O)C(COC(C)=O)O1. The van der Waals surface area contributed by atoms with E-state index >= 15 is 0 Å². The summed E-state index contributed by atoms with van der Waals surface area (Å²) in [6, 6.07) is 2.56. The molecule has 1 spiro atoms. The van der Waals surface area contributed by atoms with E-state index in [0.717, 1.165) is 20.3 Å². The predicted octanol–water partition coefficient (Wildman–Crippen LogP) is 2.55. The highest BCUT2D eigenvalue weighted by Crippen LogP contribution is 2.57. The van der Waals surface area contributed by atoms with Crippen LogP contribution in [0.4, 0.5) is 0 Å². The van der Waals surface area contributed by atoms with Crippen molar-refractivity contribution >= 4 is 40.2 Å². The lowest BCUT2D eigenvalue weighted by Crippen LogP contribution is -2.47. The lowest BCUT2D eigenvalue weighted by molar-refractivity contribution is -0.229. The maximum absolute atomic E-state index is 13.2. The van der Waals surface area contributed by atoms with Gasteiger partial charge in [-0.15, -0.1) is 0 Å². The first-order chi connectivity index (χ1) is 25.6. The molecule has 54 heavy (non-hydrogen) atoms. The number of methoxy groups -OCH3 is 2. The standard InChI is InChI=1S/C36H30O18/c1-13(37)48-12-23-19(49-14(2)38)5-6-24(51-23)50-22-11-36(53-32-16(22)7-15-8-21(34(44)47-4)52-35(45)25(15)30(32)42)10-17-28(40)26-18(39)9-20(46-3)29(41)27(26)31(43)33(17)54-36/h5-9,19,22-24,40,42-43H,10-12H2,1-4H3. The fourth-order valence-electron chi connectivity index (χ4n) is 6.81. The van der Waals surface area contributed by atoms with Crippen molar-refractivity contribution in [1.82, 2.24) is 0 Å². The van der Waals surface area contributed by atoms with Gasteiger partial charge in [0.05, 0.1) is 44.3 Å². The molecule has 4 aliphatic rings. The zero-order valence-corrected chi connectivity index (χ0v) is 28.8.